The number of anilines is 1. The van der Waals surface area contributed by atoms with Crippen molar-refractivity contribution < 1.29 is 14.3 Å². The van der Waals surface area contributed by atoms with Crippen LogP contribution in [0.15, 0.2) is 60.1 Å². The minimum Gasteiger partial charge on any atom is -0.497 e. The van der Waals surface area contributed by atoms with Gasteiger partial charge in [0.15, 0.2) is 5.13 Å². The quantitative estimate of drug-likeness (QED) is 0.537. The minimum atomic E-state index is -0.221. The van der Waals surface area contributed by atoms with Crippen molar-refractivity contribution in [1.29, 1.82) is 0 Å². The number of thiazole rings is 1. The molecule has 0 saturated heterocycles. The second-order valence-electron chi connectivity index (χ2n) is 5.93. The van der Waals surface area contributed by atoms with Gasteiger partial charge in [-0.05, 0) is 30.3 Å². The van der Waals surface area contributed by atoms with Gasteiger partial charge in [0, 0.05) is 34.2 Å². The van der Waals surface area contributed by atoms with Gasteiger partial charge in [-0.2, -0.15) is 0 Å². The van der Waals surface area contributed by atoms with E-state index in [4.69, 9.17) is 9.47 Å². The molecule has 7 heteroatoms. The highest BCUT2D eigenvalue weighted by Crippen LogP contribution is 2.35. The number of pyridine rings is 1. The molecule has 0 atom stereocenters. The summed E-state index contributed by atoms with van der Waals surface area (Å²) in [5.74, 6) is 1.14. The first-order chi connectivity index (χ1) is 13.7. The fraction of sp³-hybridized carbons (Fsp3) is 0.0952. The normalized spacial score (nSPS) is 10.6. The molecule has 1 N–H and O–H groups in total. The lowest BCUT2D eigenvalue weighted by molar-refractivity contribution is 0.102. The molecule has 4 aromatic rings. The van der Waals surface area contributed by atoms with Crippen molar-refractivity contribution in [2.75, 3.05) is 19.5 Å². The molecule has 0 aliphatic heterocycles. The third-order valence-electron chi connectivity index (χ3n) is 4.30. The first-order valence-electron chi connectivity index (χ1n) is 8.52. The van der Waals surface area contributed by atoms with Gasteiger partial charge >= 0.3 is 0 Å². The molecule has 140 valence electrons. The first-order valence-corrected chi connectivity index (χ1v) is 9.40. The molecule has 0 radical (unpaired) electrons. The van der Waals surface area contributed by atoms with Crippen LogP contribution in [0.1, 0.15) is 10.4 Å². The summed E-state index contributed by atoms with van der Waals surface area (Å²) >= 11 is 1.36. The summed E-state index contributed by atoms with van der Waals surface area (Å²) in [6.07, 6.45) is 1.71. The number of carbonyl (C=O) groups excluding carboxylic acids is 1. The Labute approximate surface area is 165 Å². The van der Waals surface area contributed by atoms with Crippen molar-refractivity contribution in [3.8, 4) is 22.8 Å². The van der Waals surface area contributed by atoms with Gasteiger partial charge in [0.25, 0.3) is 5.91 Å². The van der Waals surface area contributed by atoms with Gasteiger partial charge in [0.2, 0.25) is 0 Å². The van der Waals surface area contributed by atoms with Crippen molar-refractivity contribution in [2.24, 2.45) is 0 Å². The number of amides is 1. The van der Waals surface area contributed by atoms with E-state index in [0.717, 1.165) is 22.2 Å². The van der Waals surface area contributed by atoms with Gasteiger partial charge in [0.1, 0.15) is 11.5 Å². The maximum atomic E-state index is 12.8. The lowest BCUT2D eigenvalue weighted by Gasteiger charge is -2.08. The van der Waals surface area contributed by atoms with E-state index >= 15 is 0 Å². The molecule has 6 nitrogen and oxygen atoms in total. The van der Waals surface area contributed by atoms with Crippen LogP contribution >= 0.6 is 11.3 Å². The third-order valence-corrected chi connectivity index (χ3v) is 5.06. The zero-order valence-electron chi connectivity index (χ0n) is 15.3. The molecule has 0 aliphatic carbocycles. The molecule has 28 heavy (non-hydrogen) atoms. The Hall–Kier alpha value is -3.45. The van der Waals surface area contributed by atoms with Crippen molar-refractivity contribution in [3.63, 3.8) is 0 Å². The van der Waals surface area contributed by atoms with Crippen LogP contribution in [0.25, 0.3) is 22.2 Å². The number of rotatable bonds is 5. The monoisotopic (exact) mass is 391 g/mol. The van der Waals surface area contributed by atoms with E-state index < -0.39 is 0 Å². The number of carbonyl (C=O) groups is 1. The highest BCUT2D eigenvalue weighted by atomic mass is 32.1. The first kappa shape index (κ1) is 17.9. The molecule has 1 amide bonds. The number of aromatic nitrogens is 2. The number of ether oxygens (including phenoxy) is 2. The van der Waals surface area contributed by atoms with Crippen LogP contribution in [-0.4, -0.2) is 30.1 Å². The van der Waals surface area contributed by atoms with E-state index in [2.05, 4.69) is 15.3 Å². The summed E-state index contributed by atoms with van der Waals surface area (Å²) in [6, 6.07) is 14.7. The van der Waals surface area contributed by atoms with Crippen LogP contribution in [0.4, 0.5) is 5.13 Å². The van der Waals surface area contributed by atoms with Gasteiger partial charge in [-0.1, -0.05) is 12.1 Å². The molecule has 0 fully saturated rings. The molecule has 2 aromatic carbocycles. The standard InChI is InChI=1S/C21H17N3O3S/c1-26-13-8-9-16(19(11-13)27-2)18-12-28-21(23-18)24-20(25)15-5-3-7-17-14(15)6-4-10-22-17/h3-12H,1-2H3,(H,23,24,25). The number of hydrogen-bond acceptors (Lipinski definition) is 6. The Bertz CT molecular complexity index is 1150. The Balaban J connectivity index is 1.61. The smallest absolute Gasteiger partial charge is 0.258 e. The Kier molecular flexibility index (Phi) is 4.90. The van der Waals surface area contributed by atoms with Crippen molar-refractivity contribution in [1.82, 2.24) is 9.97 Å². The second-order valence-corrected chi connectivity index (χ2v) is 6.79. The average Bonchev–Trinajstić information content (AvgIpc) is 3.20. The van der Waals surface area contributed by atoms with Gasteiger partial charge < -0.3 is 9.47 Å². The van der Waals surface area contributed by atoms with Crippen LogP contribution in [0, 0.1) is 0 Å². The number of fused-ring (bicyclic) bond motifs is 1. The number of methoxy groups -OCH3 is 2. The SMILES string of the molecule is COc1ccc(-c2csc(NC(=O)c3cccc4ncccc34)n2)c(OC)c1. The zero-order valence-corrected chi connectivity index (χ0v) is 16.1. The largest absolute Gasteiger partial charge is 0.497 e. The van der Waals surface area contributed by atoms with Crippen LogP contribution in [0.3, 0.4) is 0 Å². The van der Waals surface area contributed by atoms with Crippen LogP contribution < -0.4 is 14.8 Å². The maximum Gasteiger partial charge on any atom is 0.258 e. The summed E-state index contributed by atoms with van der Waals surface area (Å²) in [4.78, 5) is 21.6. The van der Waals surface area contributed by atoms with Crippen molar-refractivity contribution in [2.45, 2.75) is 0 Å². The molecule has 0 bridgehead atoms. The van der Waals surface area contributed by atoms with Gasteiger partial charge in [-0.15, -0.1) is 11.3 Å². The molecule has 4 rings (SSSR count). The molecule has 0 aliphatic rings. The summed E-state index contributed by atoms with van der Waals surface area (Å²) in [6.45, 7) is 0. The highest BCUT2D eigenvalue weighted by molar-refractivity contribution is 7.14. The predicted molar refractivity (Wildman–Crippen MR) is 110 cm³/mol. The Morgan fingerprint density at radius 3 is 2.79 bits per heavy atom. The van der Waals surface area contributed by atoms with Crippen LogP contribution in [0.5, 0.6) is 11.5 Å². The molecule has 0 saturated carbocycles. The van der Waals surface area contributed by atoms with Crippen molar-refractivity contribution >= 4 is 33.3 Å². The van der Waals surface area contributed by atoms with Gasteiger partial charge in [-0.3, -0.25) is 15.1 Å². The second kappa shape index (κ2) is 7.66. The maximum absolute atomic E-state index is 12.8. The molecule has 2 aromatic heterocycles. The topological polar surface area (TPSA) is 73.3 Å². The lowest BCUT2D eigenvalue weighted by Crippen LogP contribution is -2.12. The summed E-state index contributed by atoms with van der Waals surface area (Å²) in [5, 5.41) is 6.07. The number of benzene rings is 2. The van der Waals surface area contributed by atoms with E-state index in [1.54, 1.807) is 32.5 Å². The highest BCUT2D eigenvalue weighted by Gasteiger charge is 2.15. The fourth-order valence-electron chi connectivity index (χ4n) is 2.93. The summed E-state index contributed by atoms with van der Waals surface area (Å²) in [7, 11) is 3.20. The Morgan fingerprint density at radius 2 is 1.96 bits per heavy atom. The Morgan fingerprint density at radius 1 is 1.07 bits per heavy atom. The van der Waals surface area contributed by atoms with E-state index in [1.807, 2.05) is 41.8 Å². The summed E-state index contributed by atoms with van der Waals surface area (Å²) in [5.41, 5.74) is 2.89. The fourth-order valence-corrected chi connectivity index (χ4v) is 3.64. The number of nitrogens with one attached hydrogen (secondary N) is 1. The zero-order chi connectivity index (χ0) is 19.5. The molecule has 0 spiro atoms. The lowest BCUT2D eigenvalue weighted by atomic mass is 10.1. The number of nitrogens with zero attached hydrogens (tertiary/aromatic N) is 2. The van der Waals surface area contributed by atoms with Gasteiger partial charge in [-0.25, -0.2) is 4.98 Å². The number of hydrogen-bond donors (Lipinski definition) is 1. The molecule has 0 unspecified atom stereocenters. The van der Waals surface area contributed by atoms with Crippen LogP contribution in [-0.2, 0) is 0 Å². The van der Waals surface area contributed by atoms with E-state index in [9.17, 15) is 4.79 Å². The van der Waals surface area contributed by atoms with Crippen LogP contribution in [0.2, 0.25) is 0 Å². The molecular formula is C21H17N3O3S. The third kappa shape index (κ3) is 3.39. The molecular weight excluding hydrogens is 374 g/mol. The van der Waals surface area contributed by atoms with E-state index in [-0.39, 0.29) is 5.91 Å². The summed E-state index contributed by atoms with van der Waals surface area (Å²) < 4.78 is 10.7. The van der Waals surface area contributed by atoms with Crippen molar-refractivity contribution in [3.05, 3.63) is 65.7 Å². The van der Waals surface area contributed by atoms with Gasteiger partial charge in [0.05, 0.1) is 25.4 Å². The van der Waals surface area contributed by atoms with E-state index in [0.29, 0.717) is 22.2 Å². The minimum absolute atomic E-state index is 0.221. The van der Waals surface area contributed by atoms with E-state index in [1.165, 1.54) is 11.3 Å². The molecule has 2 heterocycles. The average molecular weight is 391 g/mol. The predicted octanol–water partition coefficient (Wildman–Crippen LogP) is 4.63.